The van der Waals surface area contributed by atoms with Crippen molar-refractivity contribution in [3.8, 4) is 5.75 Å². The van der Waals surface area contributed by atoms with Gasteiger partial charge in [-0.05, 0) is 44.5 Å². The number of hydrogen-bond acceptors (Lipinski definition) is 3. The van der Waals surface area contributed by atoms with Crippen LogP contribution in [0.15, 0.2) is 18.2 Å². The molecule has 0 heterocycles. The van der Waals surface area contributed by atoms with E-state index in [0.717, 1.165) is 0 Å². The number of carboxylic acid groups (broad SMARTS) is 1. The average molecular weight is 237 g/mol. The summed E-state index contributed by atoms with van der Waals surface area (Å²) in [5, 5.41) is 20.6. The van der Waals surface area contributed by atoms with E-state index in [2.05, 4.69) is 5.32 Å². The Hall–Kier alpha value is -2.04. The maximum atomic E-state index is 11.8. The predicted octanol–water partition coefficient (Wildman–Crippen LogP) is 1.29. The Morgan fingerprint density at radius 3 is 2.35 bits per heavy atom. The first kappa shape index (κ1) is 13.0. The fourth-order valence-electron chi connectivity index (χ4n) is 1.21. The molecule has 17 heavy (non-hydrogen) atoms. The van der Waals surface area contributed by atoms with Crippen LogP contribution in [0.25, 0.3) is 0 Å². The number of nitrogens with one attached hydrogen (secondary N) is 1. The van der Waals surface area contributed by atoms with Crippen molar-refractivity contribution in [1.29, 1.82) is 0 Å². The smallest absolute Gasteiger partial charge is 0.328 e. The summed E-state index contributed by atoms with van der Waals surface area (Å²) < 4.78 is 0. The molecule has 1 aromatic rings. The van der Waals surface area contributed by atoms with Crippen LogP contribution >= 0.6 is 0 Å². The zero-order chi connectivity index (χ0) is 13.2. The van der Waals surface area contributed by atoms with Crippen molar-refractivity contribution in [3.63, 3.8) is 0 Å². The third kappa shape index (κ3) is 2.96. The number of aryl methyl sites for hydroxylation is 1. The minimum atomic E-state index is -1.33. The molecule has 0 bridgehead atoms. The molecule has 1 aromatic carbocycles. The van der Waals surface area contributed by atoms with Crippen LogP contribution < -0.4 is 5.32 Å². The molecule has 3 N–H and O–H groups in total. The van der Waals surface area contributed by atoms with Crippen molar-refractivity contribution in [3.05, 3.63) is 29.3 Å². The first-order valence-corrected chi connectivity index (χ1v) is 5.09. The van der Waals surface area contributed by atoms with Gasteiger partial charge in [0.25, 0.3) is 5.91 Å². The molecule has 0 radical (unpaired) electrons. The van der Waals surface area contributed by atoms with E-state index in [9.17, 15) is 14.7 Å². The Balaban J connectivity index is 2.91. The van der Waals surface area contributed by atoms with Gasteiger partial charge in [0.1, 0.15) is 11.3 Å². The number of amides is 1. The van der Waals surface area contributed by atoms with Gasteiger partial charge in [-0.25, -0.2) is 4.79 Å². The van der Waals surface area contributed by atoms with Crippen LogP contribution in [0.3, 0.4) is 0 Å². The summed E-state index contributed by atoms with van der Waals surface area (Å²) in [6, 6.07) is 4.34. The molecule has 0 saturated carbocycles. The standard InChI is InChI=1S/C12H15NO4/c1-7-6-8(4-5-9(7)14)10(15)13-12(2,3)11(16)17/h4-6,14H,1-3H3,(H,13,15)(H,16,17). The minimum Gasteiger partial charge on any atom is -0.508 e. The van der Waals surface area contributed by atoms with Gasteiger partial charge in [-0.2, -0.15) is 0 Å². The number of carbonyl (C=O) groups is 2. The van der Waals surface area contributed by atoms with E-state index < -0.39 is 17.4 Å². The molecule has 92 valence electrons. The molecule has 0 unspecified atom stereocenters. The van der Waals surface area contributed by atoms with Crippen LogP contribution in [0.1, 0.15) is 29.8 Å². The van der Waals surface area contributed by atoms with Crippen molar-refractivity contribution in [2.24, 2.45) is 0 Å². The number of carboxylic acids is 1. The zero-order valence-electron chi connectivity index (χ0n) is 9.94. The van der Waals surface area contributed by atoms with Crippen LogP contribution in [-0.2, 0) is 4.79 Å². The predicted molar refractivity (Wildman–Crippen MR) is 62.0 cm³/mol. The van der Waals surface area contributed by atoms with Crippen LogP contribution in [0.5, 0.6) is 5.75 Å². The van der Waals surface area contributed by atoms with E-state index in [1.807, 2.05) is 0 Å². The summed E-state index contributed by atoms with van der Waals surface area (Å²) in [7, 11) is 0. The van der Waals surface area contributed by atoms with Gasteiger partial charge in [0.2, 0.25) is 0 Å². The van der Waals surface area contributed by atoms with E-state index in [1.165, 1.54) is 32.0 Å². The van der Waals surface area contributed by atoms with Crippen molar-refractivity contribution < 1.29 is 19.8 Å². The van der Waals surface area contributed by atoms with Crippen molar-refractivity contribution in [1.82, 2.24) is 5.32 Å². The average Bonchev–Trinajstić information content (AvgIpc) is 2.21. The number of rotatable bonds is 3. The number of carbonyl (C=O) groups excluding carboxylic acids is 1. The van der Waals surface area contributed by atoms with Gasteiger partial charge in [-0.1, -0.05) is 0 Å². The SMILES string of the molecule is Cc1cc(C(=O)NC(C)(C)C(=O)O)ccc1O. The van der Waals surface area contributed by atoms with Gasteiger partial charge in [0, 0.05) is 5.56 Å². The normalized spacial score (nSPS) is 11.0. The second-order valence-corrected chi connectivity index (χ2v) is 4.39. The molecule has 0 atom stereocenters. The fourth-order valence-corrected chi connectivity index (χ4v) is 1.21. The Bertz CT molecular complexity index is 466. The zero-order valence-corrected chi connectivity index (χ0v) is 9.94. The lowest BCUT2D eigenvalue weighted by molar-refractivity contribution is -0.143. The fraction of sp³-hybridized carbons (Fsp3) is 0.333. The molecule has 0 fully saturated rings. The van der Waals surface area contributed by atoms with Gasteiger partial charge >= 0.3 is 5.97 Å². The van der Waals surface area contributed by atoms with E-state index in [1.54, 1.807) is 6.92 Å². The summed E-state index contributed by atoms with van der Waals surface area (Å²) in [5.41, 5.74) is -0.455. The van der Waals surface area contributed by atoms with Crippen LogP contribution in [0, 0.1) is 6.92 Å². The van der Waals surface area contributed by atoms with Gasteiger partial charge in [0.05, 0.1) is 0 Å². The lowest BCUT2D eigenvalue weighted by Crippen LogP contribution is -2.49. The van der Waals surface area contributed by atoms with Crippen LogP contribution in [0.4, 0.5) is 0 Å². The van der Waals surface area contributed by atoms with Crippen molar-refractivity contribution >= 4 is 11.9 Å². The van der Waals surface area contributed by atoms with E-state index in [-0.39, 0.29) is 5.75 Å². The highest BCUT2D eigenvalue weighted by molar-refractivity contribution is 5.97. The molecule has 0 saturated heterocycles. The highest BCUT2D eigenvalue weighted by Crippen LogP contribution is 2.17. The largest absolute Gasteiger partial charge is 0.508 e. The van der Waals surface area contributed by atoms with Crippen molar-refractivity contribution in [2.75, 3.05) is 0 Å². The maximum absolute atomic E-state index is 11.8. The van der Waals surface area contributed by atoms with Gasteiger partial charge in [-0.15, -0.1) is 0 Å². The minimum absolute atomic E-state index is 0.0963. The number of phenols is 1. The summed E-state index contributed by atoms with van der Waals surface area (Å²) in [6.45, 7) is 4.47. The molecule has 0 aliphatic rings. The molecule has 0 spiro atoms. The molecular weight excluding hydrogens is 222 g/mol. The number of phenolic OH excluding ortho intramolecular Hbond substituents is 1. The Morgan fingerprint density at radius 2 is 1.88 bits per heavy atom. The number of aliphatic carboxylic acids is 1. The third-order valence-electron chi connectivity index (χ3n) is 2.42. The van der Waals surface area contributed by atoms with Gasteiger partial charge in [0.15, 0.2) is 0 Å². The second-order valence-electron chi connectivity index (χ2n) is 4.39. The summed E-state index contributed by atoms with van der Waals surface area (Å²) >= 11 is 0. The molecule has 0 aliphatic carbocycles. The lowest BCUT2D eigenvalue weighted by Gasteiger charge is -2.21. The second kappa shape index (κ2) is 4.45. The maximum Gasteiger partial charge on any atom is 0.328 e. The third-order valence-corrected chi connectivity index (χ3v) is 2.42. The lowest BCUT2D eigenvalue weighted by atomic mass is 10.0. The molecule has 1 amide bonds. The molecule has 0 aromatic heterocycles. The highest BCUT2D eigenvalue weighted by atomic mass is 16.4. The summed E-state index contributed by atoms with van der Waals surface area (Å²) in [6.07, 6.45) is 0. The Labute approximate surface area is 99.1 Å². The van der Waals surface area contributed by atoms with Crippen LogP contribution in [0.2, 0.25) is 0 Å². The van der Waals surface area contributed by atoms with Crippen molar-refractivity contribution in [2.45, 2.75) is 26.3 Å². The quantitative estimate of drug-likeness (QED) is 0.739. The van der Waals surface area contributed by atoms with E-state index in [4.69, 9.17) is 5.11 Å². The first-order valence-electron chi connectivity index (χ1n) is 5.09. The summed E-state index contributed by atoms with van der Waals surface area (Å²) in [4.78, 5) is 22.6. The molecule has 5 nitrogen and oxygen atoms in total. The number of aromatic hydroxyl groups is 1. The van der Waals surface area contributed by atoms with Gasteiger partial charge in [-0.3, -0.25) is 4.79 Å². The monoisotopic (exact) mass is 237 g/mol. The molecule has 5 heteroatoms. The van der Waals surface area contributed by atoms with E-state index >= 15 is 0 Å². The van der Waals surface area contributed by atoms with Gasteiger partial charge < -0.3 is 15.5 Å². The Morgan fingerprint density at radius 1 is 1.29 bits per heavy atom. The molecule has 0 aliphatic heterocycles. The number of benzene rings is 1. The number of hydrogen-bond donors (Lipinski definition) is 3. The summed E-state index contributed by atoms with van der Waals surface area (Å²) in [5.74, 6) is -1.50. The first-order chi connectivity index (χ1) is 7.74. The van der Waals surface area contributed by atoms with Crippen LogP contribution in [-0.4, -0.2) is 27.6 Å². The van der Waals surface area contributed by atoms with E-state index in [0.29, 0.717) is 11.1 Å². The topological polar surface area (TPSA) is 86.6 Å². The Kier molecular flexibility index (Phi) is 3.41. The molecule has 1 rings (SSSR count). The molecular formula is C12H15NO4. The highest BCUT2D eigenvalue weighted by Gasteiger charge is 2.29.